The number of amides is 1. The Morgan fingerprint density at radius 1 is 1.46 bits per heavy atom. The molecule has 0 aliphatic carbocycles. The number of nitrogens with one attached hydrogen (secondary N) is 1. The van der Waals surface area contributed by atoms with E-state index in [2.05, 4.69) is 26.1 Å². The van der Waals surface area contributed by atoms with E-state index >= 15 is 0 Å². The summed E-state index contributed by atoms with van der Waals surface area (Å²) in [5.41, 5.74) is 0. The van der Waals surface area contributed by atoms with Crippen LogP contribution in [0.5, 0.6) is 0 Å². The van der Waals surface area contributed by atoms with Crippen LogP contribution >= 0.6 is 11.8 Å². The number of rotatable bonds is 3. The first-order chi connectivity index (χ1) is 6.11. The summed E-state index contributed by atoms with van der Waals surface area (Å²) in [5, 5.41) is 3.69. The van der Waals surface area contributed by atoms with Crippen molar-refractivity contribution in [2.75, 3.05) is 6.54 Å². The number of hydrogen-bond donors (Lipinski definition) is 1. The third kappa shape index (κ3) is 3.22. The van der Waals surface area contributed by atoms with Crippen LogP contribution in [0.3, 0.4) is 0 Å². The highest BCUT2D eigenvalue weighted by molar-refractivity contribution is 8.01. The maximum atomic E-state index is 11.4. The molecule has 3 heteroatoms. The lowest BCUT2D eigenvalue weighted by Crippen LogP contribution is -2.39. The smallest absolute Gasteiger partial charge is 0.233 e. The van der Waals surface area contributed by atoms with Crippen molar-refractivity contribution in [3.8, 4) is 0 Å². The van der Waals surface area contributed by atoms with E-state index in [0.717, 1.165) is 19.4 Å². The molecule has 1 N–H and O–H groups in total. The van der Waals surface area contributed by atoms with Gasteiger partial charge in [0.25, 0.3) is 0 Å². The van der Waals surface area contributed by atoms with Crippen LogP contribution in [0.1, 0.15) is 33.6 Å². The van der Waals surface area contributed by atoms with Gasteiger partial charge in [0.15, 0.2) is 0 Å². The zero-order valence-corrected chi connectivity index (χ0v) is 9.49. The standard InChI is InChI=1S/C10H19NOS/c1-7(2)8(3)13-9-5-4-6-11-10(9)12/h7-9H,4-6H2,1-3H3,(H,11,12). The lowest BCUT2D eigenvalue weighted by Gasteiger charge is -2.25. The second-order valence-electron chi connectivity index (χ2n) is 4.01. The maximum Gasteiger partial charge on any atom is 0.233 e. The number of thioether (sulfide) groups is 1. The molecule has 1 heterocycles. The van der Waals surface area contributed by atoms with Gasteiger partial charge in [0, 0.05) is 11.8 Å². The van der Waals surface area contributed by atoms with Gasteiger partial charge in [-0.2, -0.15) is 0 Å². The van der Waals surface area contributed by atoms with E-state index in [9.17, 15) is 4.79 Å². The average Bonchev–Trinajstić information content (AvgIpc) is 2.08. The van der Waals surface area contributed by atoms with Crippen LogP contribution in [0.4, 0.5) is 0 Å². The Bertz CT molecular complexity index is 182. The zero-order valence-electron chi connectivity index (χ0n) is 8.67. The van der Waals surface area contributed by atoms with E-state index in [0.29, 0.717) is 11.2 Å². The van der Waals surface area contributed by atoms with E-state index in [4.69, 9.17) is 0 Å². The van der Waals surface area contributed by atoms with Gasteiger partial charge in [-0.25, -0.2) is 0 Å². The Kier molecular flexibility index (Phi) is 4.10. The van der Waals surface area contributed by atoms with Crippen LogP contribution in [0, 0.1) is 5.92 Å². The van der Waals surface area contributed by atoms with Crippen molar-refractivity contribution < 1.29 is 4.79 Å². The van der Waals surface area contributed by atoms with E-state index < -0.39 is 0 Å². The number of carbonyl (C=O) groups is 1. The summed E-state index contributed by atoms with van der Waals surface area (Å²) in [6, 6.07) is 0. The summed E-state index contributed by atoms with van der Waals surface area (Å²) in [7, 11) is 0. The molecule has 0 saturated carbocycles. The molecular formula is C10H19NOS. The van der Waals surface area contributed by atoms with Crippen LogP contribution in [0.2, 0.25) is 0 Å². The Morgan fingerprint density at radius 2 is 2.15 bits per heavy atom. The second-order valence-corrected chi connectivity index (χ2v) is 5.59. The molecule has 0 radical (unpaired) electrons. The van der Waals surface area contributed by atoms with Gasteiger partial charge in [-0.3, -0.25) is 4.79 Å². The Labute approximate surface area is 84.9 Å². The minimum Gasteiger partial charge on any atom is -0.355 e. The van der Waals surface area contributed by atoms with Crippen LogP contribution in [-0.4, -0.2) is 23.0 Å². The fraction of sp³-hybridized carbons (Fsp3) is 0.900. The molecule has 0 aromatic rings. The molecule has 1 fully saturated rings. The molecule has 2 unspecified atom stereocenters. The fourth-order valence-electron chi connectivity index (χ4n) is 1.29. The van der Waals surface area contributed by atoms with Crippen molar-refractivity contribution in [2.45, 2.75) is 44.1 Å². The number of carbonyl (C=O) groups excluding carboxylic acids is 1. The van der Waals surface area contributed by atoms with E-state index in [1.807, 2.05) is 11.8 Å². The second kappa shape index (κ2) is 4.89. The molecule has 1 saturated heterocycles. The summed E-state index contributed by atoms with van der Waals surface area (Å²) >= 11 is 1.82. The van der Waals surface area contributed by atoms with Crippen molar-refractivity contribution in [2.24, 2.45) is 5.92 Å². The van der Waals surface area contributed by atoms with Gasteiger partial charge in [-0.15, -0.1) is 11.8 Å². The lowest BCUT2D eigenvalue weighted by atomic mass is 10.1. The summed E-state index contributed by atoms with van der Waals surface area (Å²) < 4.78 is 0. The predicted molar refractivity (Wildman–Crippen MR) is 57.9 cm³/mol. The molecule has 76 valence electrons. The molecule has 1 rings (SSSR count). The van der Waals surface area contributed by atoms with Gasteiger partial charge in [-0.05, 0) is 18.8 Å². The molecule has 2 nitrogen and oxygen atoms in total. The molecule has 0 bridgehead atoms. The predicted octanol–water partition coefficient (Wildman–Crippen LogP) is 2.04. The van der Waals surface area contributed by atoms with E-state index in [1.165, 1.54) is 0 Å². The molecule has 0 aromatic carbocycles. The highest BCUT2D eigenvalue weighted by Gasteiger charge is 2.25. The molecule has 2 atom stereocenters. The van der Waals surface area contributed by atoms with Crippen LogP contribution < -0.4 is 5.32 Å². The van der Waals surface area contributed by atoms with Crippen molar-refractivity contribution in [3.05, 3.63) is 0 Å². The quantitative estimate of drug-likeness (QED) is 0.757. The lowest BCUT2D eigenvalue weighted by molar-refractivity contribution is -0.121. The van der Waals surface area contributed by atoms with Crippen molar-refractivity contribution in [1.29, 1.82) is 0 Å². The monoisotopic (exact) mass is 201 g/mol. The molecule has 1 amide bonds. The van der Waals surface area contributed by atoms with Crippen LogP contribution in [0.15, 0.2) is 0 Å². The molecule has 13 heavy (non-hydrogen) atoms. The largest absolute Gasteiger partial charge is 0.355 e. The highest BCUT2D eigenvalue weighted by Crippen LogP contribution is 2.27. The highest BCUT2D eigenvalue weighted by atomic mass is 32.2. The van der Waals surface area contributed by atoms with Crippen molar-refractivity contribution in [3.63, 3.8) is 0 Å². The first-order valence-corrected chi connectivity index (χ1v) is 5.98. The first kappa shape index (κ1) is 10.9. The molecular weight excluding hydrogens is 182 g/mol. The summed E-state index contributed by atoms with van der Waals surface area (Å²) in [4.78, 5) is 11.4. The fourth-order valence-corrected chi connectivity index (χ4v) is 2.63. The topological polar surface area (TPSA) is 29.1 Å². The maximum absolute atomic E-state index is 11.4. The summed E-state index contributed by atoms with van der Waals surface area (Å²) in [6.45, 7) is 7.49. The van der Waals surface area contributed by atoms with Crippen LogP contribution in [0.25, 0.3) is 0 Å². The minimum absolute atomic E-state index is 0.200. The third-order valence-electron chi connectivity index (χ3n) is 2.55. The zero-order chi connectivity index (χ0) is 9.84. The summed E-state index contributed by atoms with van der Waals surface area (Å²) in [5.74, 6) is 0.892. The molecule has 1 aliphatic rings. The van der Waals surface area contributed by atoms with Gasteiger partial charge in [0.1, 0.15) is 0 Å². The average molecular weight is 201 g/mol. The molecule has 1 aliphatic heterocycles. The Morgan fingerprint density at radius 3 is 2.69 bits per heavy atom. The minimum atomic E-state index is 0.200. The van der Waals surface area contributed by atoms with Gasteiger partial charge >= 0.3 is 0 Å². The van der Waals surface area contributed by atoms with Crippen LogP contribution in [-0.2, 0) is 4.79 Å². The number of hydrogen-bond acceptors (Lipinski definition) is 2. The normalized spacial score (nSPS) is 25.8. The van der Waals surface area contributed by atoms with Gasteiger partial charge < -0.3 is 5.32 Å². The van der Waals surface area contributed by atoms with Crippen molar-refractivity contribution in [1.82, 2.24) is 5.32 Å². The van der Waals surface area contributed by atoms with E-state index in [1.54, 1.807) is 0 Å². The Balaban J connectivity index is 2.38. The number of piperidine rings is 1. The SMILES string of the molecule is CC(C)C(C)SC1CCCNC1=O. The molecule has 0 aromatic heterocycles. The van der Waals surface area contributed by atoms with Gasteiger partial charge in [0.05, 0.1) is 5.25 Å². The first-order valence-electron chi connectivity index (χ1n) is 5.04. The van der Waals surface area contributed by atoms with E-state index in [-0.39, 0.29) is 11.2 Å². The van der Waals surface area contributed by atoms with Gasteiger partial charge in [-0.1, -0.05) is 20.8 Å². The third-order valence-corrected chi connectivity index (χ3v) is 4.30. The van der Waals surface area contributed by atoms with Gasteiger partial charge in [0.2, 0.25) is 5.91 Å². The summed E-state index contributed by atoms with van der Waals surface area (Å²) in [6.07, 6.45) is 2.18. The Hall–Kier alpha value is -0.180. The molecule has 0 spiro atoms. The van der Waals surface area contributed by atoms with Crippen molar-refractivity contribution >= 4 is 17.7 Å².